The highest BCUT2D eigenvalue weighted by atomic mass is 32.2. The zero-order chi connectivity index (χ0) is 24.4. The third kappa shape index (κ3) is 5.26. The van der Waals surface area contributed by atoms with E-state index in [4.69, 9.17) is 10.7 Å². The first-order chi connectivity index (χ1) is 17.0. The molecule has 0 spiro atoms. The van der Waals surface area contributed by atoms with E-state index in [0.717, 1.165) is 53.3 Å². The number of likely N-dealkylation sites (tertiary alicyclic amines) is 1. The Balaban J connectivity index is 1.34. The number of hydrogen-bond acceptors (Lipinski definition) is 6. The highest BCUT2D eigenvalue weighted by Gasteiger charge is 2.21. The van der Waals surface area contributed by atoms with Crippen molar-refractivity contribution < 1.29 is 9.00 Å². The van der Waals surface area contributed by atoms with Crippen LogP contribution in [0.4, 0.5) is 11.6 Å². The van der Waals surface area contributed by atoms with E-state index in [0.29, 0.717) is 18.4 Å². The maximum atomic E-state index is 11.7. The van der Waals surface area contributed by atoms with Crippen molar-refractivity contribution in [3.63, 3.8) is 0 Å². The monoisotopic (exact) mass is 488 g/mol. The fraction of sp³-hybridized carbons (Fsp3) is 0.269. The summed E-state index contributed by atoms with van der Waals surface area (Å²) >= 11 is 0. The highest BCUT2D eigenvalue weighted by molar-refractivity contribution is 7.84. The molecule has 1 aliphatic rings. The van der Waals surface area contributed by atoms with Gasteiger partial charge in [-0.15, -0.1) is 5.10 Å². The molecule has 1 aliphatic heterocycles. The van der Waals surface area contributed by atoms with E-state index in [1.165, 1.54) is 5.56 Å². The van der Waals surface area contributed by atoms with Crippen molar-refractivity contribution in [2.24, 2.45) is 5.73 Å². The SMILES string of the molecule is CS(=O)c1ccc(-c2cccn3nc(Nc4cccc(C5CCN(CC(N)=O)CC5)c4)nc23)cc1. The lowest BCUT2D eigenvalue weighted by molar-refractivity contribution is -0.119. The van der Waals surface area contributed by atoms with Crippen LogP contribution in [0.2, 0.25) is 0 Å². The number of piperidine rings is 1. The molecule has 35 heavy (non-hydrogen) atoms. The van der Waals surface area contributed by atoms with Gasteiger partial charge in [0.1, 0.15) is 0 Å². The topological polar surface area (TPSA) is 106 Å². The van der Waals surface area contributed by atoms with Gasteiger partial charge in [0, 0.05) is 39.4 Å². The minimum absolute atomic E-state index is 0.271. The molecule has 9 heteroatoms. The molecule has 5 rings (SSSR count). The molecular weight excluding hydrogens is 460 g/mol. The Labute approximate surface area is 206 Å². The summed E-state index contributed by atoms with van der Waals surface area (Å²) in [5.41, 5.74) is 10.2. The average Bonchev–Trinajstić information content (AvgIpc) is 3.27. The van der Waals surface area contributed by atoms with Gasteiger partial charge in [-0.2, -0.15) is 4.98 Å². The van der Waals surface area contributed by atoms with Crippen LogP contribution in [0.3, 0.4) is 0 Å². The number of benzene rings is 2. The van der Waals surface area contributed by atoms with E-state index in [1.54, 1.807) is 10.8 Å². The summed E-state index contributed by atoms with van der Waals surface area (Å²) in [5.74, 6) is 0.700. The second-order valence-electron chi connectivity index (χ2n) is 8.87. The molecule has 2 aromatic heterocycles. The molecule has 3 N–H and O–H groups in total. The van der Waals surface area contributed by atoms with E-state index < -0.39 is 10.8 Å². The number of carbonyl (C=O) groups excluding carboxylic acids is 1. The van der Waals surface area contributed by atoms with Gasteiger partial charge < -0.3 is 11.1 Å². The number of hydrogen-bond donors (Lipinski definition) is 2. The maximum Gasteiger partial charge on any atom is 0.247 e. The van der Waals surface area contributed by atoms with Gasteiger partial charge in [0.2, 0.25) is 11.9 Å². The van der Waals surface area contributed by atoms with Crippen molar-refractivity contribution in [2.75, 3.05) is 31.2 Å². The molecule has 1 amide bonds. The Kier molecular flexibility index (Phi) is 6.61. The Hall–Kier alpha value is -3.56. The minimum atomic E-state index is -1.01. The van der Waals surface area contributed by atoms with Gasteiger partial charge in [0.15, 0.2) is 5.65 Å². The summed E-state index contributed by atoms with van der Waals surface area (Å²) < 4.78 is 13.5. The maximum absolute atomic E-state index is 11.7. The van der Waals surface area contributed by atoms with Gasteiger partial charge in [0.25, 0.3) is 0 Å². The summed E-state index contributed by atoms with van der Waals surface area (Å²) in [6.45, 7) is 2.08. The smallest absolute Gasteiger partial charge is 0.247 e. The number of anilines is 2. The lowest BCUT2D eigenvalue weighted by atomic mass is 9.89. The Bertz CT molecular complexity index is 1380. The van der Waals surface area contributed by atoms with Crippen molar-refractivity contribution in [3.8, 4) is 11.1 Å². The van der Waals surface area contributed by atoms with Gasteiger partial charge in [-0.05, 0) is 79.4 Å². The van der Waals surface area contributed by atoms with Crippen LogP contribution in [0, 0.1) is 0 Å². The van der Waals surface area contributed by atoms with Crippen LogP contribution in [-0.2, 0) is 15.6 Å². The van der Waals surface area contributed by atoms with Crippen LogP contribution in [0.5, 0.6) is 0 Å². The number of nitrogens with one attached hydrogen (secondary N) is 1. The van der Waals surface area contributed by atoms with Gasteiger partial charge in [-0.25, -0.2) is 4.52 Å². The van der Waals surface area contributed by atoms with E-state index in [2.05, 4.69) is 27.4 Å². The normalized spacial score (nSPS) is 15.8. The minimum Gasteiger partial charge on any atom is -0.369 e. The third-order valence-corrected chi connectivity index (χ3v) is 7.38. The molecule has 1 atom stereocenters. The number of fused-ring (bicyclic) bond motifs is 1. The van der Waals surface area contributed by atoms with Crippen LogP contribution in [0.1, 0.15) is 24.3 Å². The van der Waals surface area contributed by atoms with Crippen LogP contribution in [-0.4, -0.2) is 55.5 Å². The number of primary amides is 1. The molecule has 1 fully saturated rings. The molecule has 1 unspecified atom stereocenters. The molecule has 1 saturated heterocycles. The largest absolute Gasteiger partial charge is 0.369 e. The number of nitrogens with zero attached hydrogens (tertiary/aromatic N) is 4. The molecule has 0 bridgehead atoms. The van der Waals surface area contributed by atoms with Crippen LogP contribution in [0.15, 0.2) is 71.8 Å². The molecule has 0 radical (unpaired) electrons. The fourth-order valence-electron chi connectivity index (χ4n) is 4.65. The zero-order valence-electron chi connectivity index (χ0n) is 19.6. The third-order valence-electron chi connectivity index (χ3n) is 6.44. The number of rotatable bonds is 7. The summed E-state index contributed by atoms with van der Waals surface area (Å²) in [6, 6.07) is 20.0. The number of aromatic nitrogens is 3. The molecule has 8 nitrogen and oxygen atoms in total. The summed E-state index contributed by atoms with van der Waals surface area (Å²) in [7, 11) is -1.01. The van der Waals surface area contributed by atoms with Crippen LogP contribution < -0.4 is 11.1 Å². The number of carbonyl (C=O) groups is 1. The van der Waals surface area contributed by atoms with Crippen molar-refractivity contribution >= 4 is 34.0 Å². The summed E-state index contributed by atoms with van der Waals surface area (Å²) in [4.78, 5) is 18.9. The first-order valence-corrected chi connectivity index (χ1v) is 13.2. The standard InChI is InChI=1S/C26H28N6O2S/c1-35(34)22-9-7-19(8-10-22)23-6-3-13-32-25(23)29-26(30-32)28-21-5-2-4-20(16-21)18-11-14-31(15-12-18)17-24(27)33/h2-10,13,16,18H,11-12,14-15,17H2,1H3,(H2,27,33)(H,28,30). The summed E-state index contributed by atoms with van der Waals surface area (Å²) in [5, 5.41) is 7.97. The van der Waals surface area contributed by atoms with Crippen LogP contribution in [0.25, 0.3) is 16.8 Å². The van der Waals surface area contributed by atoms with Gasteiger partial charge >= 0.3 is 0 Å². The Morgan fingerprint density at radius 1 is 1.11 bits per heavy atom. The van der Waals surface area contributed by atoms with Crippen molar-refractivity contribution in [1.82, 2.24) is 19.5 Å². The van der Waals surface area contributed by atoms with Gasteiger partial charge in [-0.1, -0.05) is 24.3 Å². The first kappa shape index (κ1) is 23.2. The van der Waals surface area contributed by atoms with Crippen molar-refractivity contribution in [1.29, 1.82) is 0 Å². The number of amides is 1. The lowest BCUT2D eigenvalue weighted by Gasteiger charge is -2.31. The quantitative estimate of drug-likeness (QED) is 0.412. The van der Waals surface area contributed by atoms with Crippen LogP contribution >= 0.6 is 0 Å². The average molecular weight is 489 g/mol. The molecule has 4 aromatic rings. The molecule has 3 heterocycles. The van der Waals surface area contributed by atoms with Gasteiger partial charge in [-0.3, -0.25) is 13.9 Å². The van der Waals surface area contributed by atoms with Crippen molar-refractivity contribution in [3.05, 3.63) is 72.4 Å². The lowest BCUT2D eigenvalue weighted by Crippen LogP contribution is -2.39. The van der Waals surface area contributed by atoms with E-state index in [1.807, 2.05) is 54.7 Å². The second kappa shape index (κ2) is 9.97. The molecule has 180 valence electrons. The zero-order valence-corrected chi connectivity index (χ0v) is 20.4. The van der Waals surface area contributed by atoms with E-state index in [-0.39, 0.29) is 5.91 Å². The highest BCUT2D eigenvalue weighted by Crippen LogP contribution is 2.30. The van der Waals surface area contributed by atoms with E-state index >= 15 is 0 Å². The Morgan fingerprint density at radius 2 is 1.89 bits per heavy atom. The van der Waals surface area contributed by atoms with Crippen molar-refractivity contribution in [2.45, 2.75) is 23.7 Å². The molecule has 2 aromatic carbocycles. The predicted molar refractivity (Wildman–Crippen MR) is 138 cm³/mol. The predicted octanol–water partition coefficient (Wildman–Crippen LogP) is 3.54. The Morgan fingerprint density at radius 3 is 2.60 bits per heavy atom. The molecular formula is C26H28N6O2S. The number of pyridine rings is 1. The van der Waals surface area contributed by atoms with Gasteiger partial charge in [0.05, 0.1) is 6.54 Å². The molecule has 0 aliphatic carbocycles. The molecule has 0 saturated carbocycles. The van der Waals surface area contributed by atoms with E-state index in [9.17, 15) is 9.00 Å². The fourth-order valence-corrected chi connectivity index (χ4v) is 5.17. The first-order valence-electron chi connectivity index (χ1n) is 11.6. The summed E-state index contributed by atoms with van der Waals surface area (Å²) in [6.07, 6.45) is 5.55. The number of nitrogens with two attached hydrogens (primary N) is 1. The second-order valence-corrected chi connectivity index (χ2v) is 10.3.